The molecule has 1 aliphatic heterocycles. The Balaban J connectivity index is 1.71. The number of nitrogens with one attached hydrogen (secondary N) is 1. The molecule has 0 unspecified atom stereocenters. The fraction of sp³-hybridized carbons (Fsp3) is 0.231. The monoisotopic (exact) mass is 327 g/mol. The molecular formula is C13H13NO5S2. The molecule has 2 N–H and O–H groups in total. The van der Waals surface area contributed by atoms with Crippen LogP contribution in [-0.2, 0) is 23.2 Å². The van der Waals surface area contributed by atoms with E-state index in [9.17, 15) is 8.42 Å². The fourth-order valence-corrected chi connectivity index (χ4v) is 4.05. The maximum Gasteiger partial charge on any atom is 0.241 e. The number of benzene rings is 1. The molecule has 0 bridgehead atoms. The Hall–Kier alpha value is -1.61. The average Bonchev–Trinajstić information content (AvgIpc) is 3.13. The molecule has 6 nitrogen and oxygen atoms in total. The van der Waals surface area contributed by atoms with Crippen LogP contribution in [0.25, 0.3) is 0 Å². The topological polar surface area (TPSA) is 84.9 Å². The zero-order chi connectivity index (χ0) is 14.9. The normalized spacial score (nSPS) is 13.6. The second kappa shape index (κ2) is 5.64. The Bertz CT molecular complexity index is 754. The van der Waals surface area contributed by atoms with Crippen molar-refractivity contribution < 1.29 is 23.0 Å². The molecule has 0 atom stereocenters. The van der Waals surface area contributed by atoms with Gasteiger partial charge in [-0.1, -0.05) is 6.07 Å². The van der Waals surface area contributed by atoms with Crippen molar-refractivity contribution in [2.75, 3.05) is 6.79 Å². The number of ether oxygens (including phenoxy) is 2. The van der Waals surface area contributed by atoms with Gasteiger partial charge < -0.3 is 14.6 Å². The van der Waals surface area contributed by atoms with E-state index in [1.807, 2.05) is 0 Å². The van der Waals surface area contributed by atoms with Crippen LogP contribution in [0.3, 0.4) is 0 Å². The Morgan fingerprint density at radius 2 is 2.05 bits per heavy atom. The van der Waals surface area contributed by atoms with E-state index in [1.165, 1.54) is 22.8 Å². The van der Waals surface area contributed by atoms with Gasteiger partial charge >= 0.3 is 0 Å². The number of hydrogen-bond acceptors (Lipinski definition) is 6. The van der Waals surface area contributed by atoms with Crippen molar-refractivity contribution in [1.82, 2.24) is 4.72 Å². The SMILES string of the molecule is O=S(=O)(NCc1ccc2c(c1)OCO2)c1csc(CO)c1. The lowest BCUT2D eigenvalue weighted by Gasteiger charge is -2.06. The van der Waals surface area contributed by atoms with E-state index in [-0.39, 0.29) is 24.8 Å². The van der Waals surface area contributed by atoms with E-state index in [0.29, 0.717) is 16.4 Å². The van der Waals surface area contributed by atoms with E-state index in [4.69, 9.17) is 14.6 Å². The number of thiophene rings is 1. The molecule has 0 radical (unpaired) electrons. The van der Waals surface area contributed by atoms with Gasteiger partial charge in [-0.25, -0.2) is 13.1 Å². The average molecular weight is 327 g/mol. The first-order chi connectivity index (χ1) is 10.1. The minimum absolute atomic E-state index is 0.156. The van der Waals surface area contributed by atoms with Crippen molar-refractivity contribution in [2.45, 2.75) is 18.0 Å². The summed E-state index contributed by atoms with van der Waals surface area (Å²) in [4.78, 5) is 0.774. The molecule has 0 spiro atoms. The minimum Gasteiger partial charge on any atom is -0.454 e. The molecule has 0 fully saturated rings. The standard InChI is InChI=1S/C13H13NO5S2/c15-6-10-4-11(7-20-10)21(16,17)14-5-9-1-2-12-13(3-9)19-8-18-12/h1-4,7,14-15H,5-6,8H2. The largest absolute Gasteiger partial charge is 0.454 e. The minimum atomic E-state index is -3.58. The van der Waals surface area contributed by atoms with Gasteiger partial charge in [0.25, 0.3) is 0 Å². The second-order valence-corrected chi connectivity index (χ2v) is 7.18. The van der Waals surface area contributed by atoms with Crippen LogP contribution < -0.4 is 14.2 Å². The third-order valence-corrected chi connectivity index (χ3v) is 5.45. The summed E-state index contributed by atoms with van der Waals surface area (Å²) >= 11 is 1.21. The van der Waals surface area contributed by atoms with E-state index >= 15 is 0 Å². The van der Waals surface area contributed by atoms with Crippen molar-refractivity contribution in [3.63, 3.8) is 0 Å². The van der Waals surface area contributed by atoms with Crippen molar-refractivity contribution >= 4 is 21.4 Å². The van der Waals surface area contributed by atoms with Gasteiger partial charge in [0.2, 0.25) is 16.8 Å². The highest BCUT2D eigenvalue weighted by molar-refractivity contribution is 7.89. The lowest BCUT2D eigenvalue weighted by atomic mass is 10.2. The zero-order valence-electron chi connectivity index (χ0n) is 10.9. The lowest BCUT2D eigenvalue weighted by Crippen LogP contribution is -2.22. The van der Waals surface area contributed by atoms with Crippen molar-refractivity contribution in [1.29, 1.82) is 0 Å². The van der Waals surface area contributed by atoms with E-state index < -0.39 is 10.0 Å². The Morgan fingerprint density at radius 1 is 1.24 bits per heavy atom. The quantitative estimate of drug-likeness (QED) is 0.868. The Labute approximate surface area is 126 Å². The lowest BCUT2D eigenvalue weighted by molar-refractivity contribution is 0.174. The molecule has 2 aromatic rings. The van der Waals surface area contributed by atoms with Crippen LogP contribution in [0.2, 0.25) is 0 Å². The van der Waals surface area contributed by atoms with Crippen molar-refractivity contribution in [3.05, 3.63) is 40.1 Å². The smallest absolute Gasteiger partial charge is 0.241 e. The molecular weight excluding hydrogens is 314 g/mol. The fourth-order valence-electron chi connectivity index (χ4n) is 1.90. The number of fused-ring (bicyclic) bond motifs is 1. The third kappa shape index (κ3) is 3.03. The molecule has 0 aliphatic carbocycles. The van der Waals surface area contributed by atoms with Crippen molar-refractivity contribution in [2.24, 2.45) is 0 Å². The van der Waals surface area contributed by atoms with Crippen LogP contribution in [-0.4, -0.2) is 20.3 Å². The summed E-state index contributed by atoms with van der Waals surface area (Å²) < 4.78 is 37.2. The maximum atomic E-state index is 12.1. The summed E-state index contributed by atoms with van der Waals surface area (Å²) in [7, 11) is -3.58. The van der Waals surface area contributed by atoms with Gasteiger partial charge in [-0.3, -0.25) is 0 Å². The van der Waals surface area contributed by atoms with Crippen LogP contribution in [0, 0.1) is 0 Å². The van der Waals surface area contributed by atoms with E-state index in [0.717, 1.165) is 5.56 Å². The predicted molar refractivity (Wildman–Crippen MR) is 76.8 cm³/mol. The molecule has 3 rings (SSSR count). The first-order valence-electron chi connectivity index (χ1n) is 6.15. The second-order valence-electron chi connectivity index (χ2n) is 4.42. The summed E-state index contributed by atoms with van der Waals surface area (Å²) in [5.74, 6) is 1.27. The number of aliphatic hydroxyl groups is 1. The number of hydrogen-bond donors (Lipinski definition) is 2. The summed E-state index contributed by atoms with van der Waals surface area (Å²) in [5, 5.41) is 10.5. The number of rotatable bonds is 5. The molecule has 0 saturated heterocycles. The predicted octanol–water partition coefficient (Wildman–Crippen LogP) is 1.45. The highest BCUT2D eigenvalue weighted by Gasteiger charge is 2.17. The van der Waals surface area contributed by atoms with Crippen LogP contribution in [0.4, 0.5) is 0 Å². The molecule has 21 heavy (non-hydrogen) atoms. The zero-order valence-corrected chi connectivity index (χ0v) is 12.5. The van der Waals surface area contributed by atoms with E-state index in [1.54, 1.807) is 18.2 Å². The number of aliphatic hydroxyl groups excluding tert-OH is 1. The first-order valence-corrected chi connectivity index (χ1v) is 8.51. The van der Waals surface area contributed by atoms with Gasteiger partial charge in [0.15, 0.2) is 11.5 Å². The van der Waals surface area contributed by atoms with Crippen LogP contribution in [0.5, 0.6) is 11.5 Å². The van der Waals surface area contributed by atoms with Crippen LogP contribution >= 0.6 is 11.3 Å². The summed E-state index contributed by atoms with van der Waals surface area (Å²) in [5.41, 5.74) is 0.778. The molecule has 0 saturated carbocycles. The van der Waals surface area contributed by atoms with Gasteiger partial charge in [-0.2, -0.15) is 0 Å². The highest BCUT2D eigenvalue weighted by Crippen LogP contribution is 2.32. The molecule has 0 amide bonds. The third-order valence-electron chi connectivity index (χ3n) is 3.00. The molecule has 1 aliphatic rings. The Kier molecular flexibility index (Phi) is 3.85. The molecule has 112 valence electrons. The van der Waals surface area contributed by atoms with Crippen LogP contribution in [0.1, 0.15) is 10.4 Å². The maximum absolute atomic E-state index is 12.1. The summed E-state index contributed by atoms with van der Waals surface area (Å²) in [6, 6.07) is 6.74. The van der Waals surface area contributed by atoms with E-state index in [2.05, 4.69) is 4.72 Å². The van der Waals surface area contributed by atoms with Crippen LogP contribution in [0.15, 0.2) is 34.5 Å². The number of sulfonamides is 1. The molecule has 8 heteroatoms. The van der Waals surface area contributed by atoms with Crippen molar-refractivity contribution in [3.8, 4) is 11.5 Å². The molecule has 1 aromatic heterocycles. The molecule has 2 heterocycles. The molecule has 1 aromatic carbocycles. The highest BCUT2D eigenvalue weighted by atomic mass is 32.2. The summed E-state index contributed by atoms with van der Waals surface area (Å²) in [6.45, 7) is 0.176. The van der Waals surface area contributed by atoms with Gasteiger partial charge in [-0.05, 0) is 23.8 Å². The van der Waals surface area contributed by atoms with Gasteiger partial charge in [0, 0.05) is 16.8 Å². The van der Waals surface area contributed by atoms with Gasteiger partial charge in [0.1, 0.15) is 0 Å². The van der Waals surface area contributed by atoms with Gasteiger partial charge in [-0.15, -0.1) is 11.3 Å². The van der Waals surface area contributed by atoms with Gasteiger partial charge in [0.05, 0.1) is 11.5 Å². The Morgan fingerprint density at radius 3 is 2.81 bits per heavy atom. The first kappa shape index (κ1) is 14.3. The summed E-state index contributed by atoms with van der Waals surface area (Å²) in [6.07, 6.45) is 0.